The lowest BCUT2D eigenvalue weighted by Gasteiger charge is -2.19. The van der Waals surface area contributed by atoms with Crippen molar-refractivity contribution in [2.24, 2.45) is 5.73 Å². The van der Waals surface area contributed by atoms with Crippen LogP contribution in [0.5, 0.6) is 0 Å². The molecule has 0 aromatic carbocycles. The van der Waals surface area contributed by atoms with Gasteiger partial charge in [-0.1, -0.05) is 0 Å². The standard InChI is InChI=1S/C9H13N5O/c1-6(10)3-14(2)8-7-9(12-4-11-8)15-5-13-7/h4-6H,3,10H2,1-2H3. The number of hydrogen-bond donors (Lipinski definition) is 1. The Morgan fingerprint density at radius 3 is 3.00 bits per heavy atom. The van der Waals surface area contributed by atoms with Gasteiger partial charge in [-0.2, -0.15) is 4.98 Å². The molecule has 6 nitrogen and oxygen atoms in total. The zero-order chi connectivity index (χ0) is 10.8. The Hall–Kier alpha value is -1.69. The van der Waals surface area contributed by atoms with E-state index in [1.807, 2.05) is 18.9 Å². The maximum Gasteiger partial charge on any atom is 0.252 e. The SMILES string of the molecule is CC(N)CN(C)c1ncnc2ocnc12. The van der Waals surface area contributed by atoms with Crippen LogP contribution >= 0.6 is 0 Å². The average molecular weight is 207 g/mol. The highest BCUT2D eigenvalue weighted by Gasteiger charge is 2.12. The number of aromatic nitrogens is 3. The second-order valence-corrected chi connectivity index (χ2v) is 3.56. The van der Waals surface area contributed by atoms with E-state index in [1.165, 1.54) is 12.7 Å². The fraction of sp³-hybridized carbons (Fsp3) is 0.444. The lowest BCUT2D eigenvalue weighted by molar-refractivity contribution is 0.590. The maximum absolute atomic E-state index is 5.72. The lowest BCUT2D eigenvalue weighted by Crippen LogP contribution is -2.33. The summed E-state index contributed by atoms with van der Waals surface area (Å²) in [5.41, 5.74) is 6.89. The van der Waals surface area contributed by atoms with E-state index >= 15 is 0 Å². The predicted octanol–water partition coefficient (Wildman–Crippen LogP) is 0.401. The summed E-state index contributed by atoms with van der Waals surface area (Å²) >= 11 is 0. The van der Waals surface area contributed by atoms with Crippen molar-refractivity contribution < 1.29 is 4.42 Å². The van der Waals surface area contributed by atoms with Gasteiger partial charge in [0.05, 0.1) is 0 Å². The first-order valence-electron chi connectivity index (χ1n) is 4.69. The summed E-state index contributed by atoms with van der Waals surface area (Å²) in [6.07, 6.45) is 2.82. The van der Waals surface area contributed by atoms with Crippen LogP contribution in [-0.2, 0) is 0 Å². The van der Waals surface area contributed by atoms with Crippen molar-refractivity contribution in [3.63, 3.8) is 0 Å². The number of fused-ring (bicyclic) bond motifs is 1. The van der Waals surface area contributed by atoms with Gasteiger partial charge in [-0.05, 0) is 6.92 Å². The molecule has 2 aromatic heterocycles. The molecule has 0 spiro atoms. The van der Waals surface area contributed by atoms with E-state index in [0.29, 0.717) is 17.8 Å². The number of anilines is 1. The van der Waals surface area contributed by atoms with Crippen LogP contribution in [0.25, 0.3) is 11.2 Å². The monoisotopic (exact) mass is 207 g/mol. The number of rotatable bonds is 3. The molecule has 0 saturated carbocycles. The van der Waals surface area contributed by atoms with Gasteiger partial charge in [0, 0.05) is 19.6 Å². The Morgan fingerprint density at radius 2 is 2.27 bits per heavy atom. The Bertz CT molecular complexity index is 452. The molecule has 1 unspecified atom stereocenters. The van der Waals surface area contributed by atoms with Gasteiger partial charge in [0.2, 0.25) is 0 Å². The first kappa shape index (κ1) is 9.85. The summed E-state index contributed by atoms with van der Waals surface area (Å²) in [5, 5.41) is 0. The van der Waals surface area contributed by atoms with Crippen LogP contribution in [-0.4, -0.2) is 34.6 Å². The largest absolute Gasteiger partial charge is 0.425 e. The first-order chi connectivity index (χ1) is 7.18. The van der Waals surface area contributed by atoms with Crippen LogP contribution in [0.2, 0.25) is 0 Å². The molecule has 2 N–H and O–H groups in total. The second-order valence-electron chi connectivity index (χ2n) is 3.56. The summed E-state index contributed by atoms with van der Waals surface area (Å²) in [6.45, 7) is 2.65. The molecule has 2 heterocycles. The molecular weight excluding hydrogens is 194 g/mol. The van der Waals surface area contributed by atoms with Gasteiger partial charge in [-0.15, -0.1) is 0 Å². The molecule has 0 aliphatic heterocycles. The van der Waals surface area contributed by atoms with Crippen LogP contribution in [0.4, 0.5) is 5.82 Å². The third kappa shape index (κ3) is 1.89. The van der Waals surface area contributed by atoms with Gasteiger partial charge in [-0.3, -0.25) is 0 Å². The number of oxazole rings is 1. The van der Waals surface area contributed by atoms with E-state index < -0.39 is 0 Å². The van der Waals surface area contributed by atoms with Gasteiger partial charge in [0.25, 0.3) is 5.71 Å². The molecule has 0 saturated heterocycles. The van der Waals surface area contributed by atoms with Gasteiger partial charge in [0.1, 0.15) is 6.33 Å². The van der Waals surface area contributed by atoms with Crippen molar-refractivity contribution in [2.75, 3.05) is 18.5 Å². The molecular formula is C9H13N5O. The Labute approximate surface area is 87.1 Å². The van der Waals surface area contributed by atoms with E-state index in [0.717, 1.165) is 5.82 Å². The minimum Gasteiger partial charge on any atom is -0.425 e. The van der Waals surface area contributed by atoms with Crippen molar-refractivity contribution in [3.05, 3.63) is 12.7 Å². The maximum atomic E-state index is 5.72. The first-order valence-corrected chi connectivity index (χ1v) is 4.69. The summed E-state index contributed by atoms with van der Waals surface area (Å²) in [7, 11) is 1.92. The van der Waals surface area contributed by atoms with E-state index in [9.17, 15) is 0 Å². The summed E-state index contributed by atoms with van der Waals surface area (Å²) in [4.78, 5) is 14.1. The zero-order valence-corrected chi connectivity index (χ0v) is 8.71. The topological polar surface area (TPSA) is 81.1 Å². The van der Waals surface area contributed by atoms with Crippen LogP contribution < -0.4 is 10.6 Å². The highest BCUT2D eigenvalue weighted by atomic mass is 16.3. The number of nitrogens with zero attached hydrogens (tertiary/aromatic N) is 4. The molecule has 2 rings (SSSR count). The molecule has 0 amide bonds. The van der Waals surface area contributed by atoms with Crippen molar-refractivity contribution in [3.8, 4) is 0 Å². The Morgan fingerprint density at radius 1 is 1.47 bits per heavy atom. The summed E-state index contributed by atoms with van der Waals surface area (Å²) in [5.74, 6) is 0.742. The summed E-state index contributed by atoms with van der Waals surface area (Å²) in [6, 6.07) is 0.0758. The molecule has 0 aliphatic rings. The molecule has 0 aliphatic carbocycles. The molecule has 6 heteroatoms. The zero-order valence-electron chi connectivity index (χ0n) is 8.71. The van der Waals surface area contributed by atoms with Crippen molar-refractivity contribution >= 4 is 17.0 Å². The van der Waals surface area contributed by atoms with Gasteiger partial charge >= 0.3 is 0 Å². The summed E-state index contributed by atoms with van der Waals surface area (Å²) < 4.78 is 5.09. The lowest BCUT2D eigenvalue weighted by atomic mass is 10.3. The Balaban J connectivity index is 2.38. The highest BCUT2D eigenvalue weighted by Crippen LogP contribution is 2.19. The third-order valence-electron chi connectivity index (χ3n) is 2.04. The van der Waals surface area contributed by atoms with Crippen LogP contribution in [0.3, 0.4) is 0 Å². The minimum atomic E-state index is 0.0758. The van der Waals surface area contributed by atoms with Gasteiger partial charge in [0.15, 0.2) is 17.7 Å². The van der Waals surface area contributed by atoms with E-state index in [2.05, 4.69) is 15.0 Å². The van der Waals surface area contributed by atoms with E-state index in [1.54, 1.807) is 0 Å². The second kappa shape index (κ2) is 3.82. The van der Waals surface area contributed by atoms with Gasteiger partial charge in [-0.25, -0.2) is 9.97 Å². The van der Waals surface area contributed by atoms with Crippen molar-refractivity contribution in [1.82, 2.24) is 15.0 Å². The van der Waals surface area contributed by atoms with Crippen LogP contribution in [0, 0.1) is 0 Å². The third-order valence-corrected chi connectivity index (χ3v) is 2.04. The smallest absolute Gasteiger partial charge is 0.252 e. The highest BCUT2D eigenvalue weighted by molar-refractivity contribution is 5.80. The van der Waals surface area contributed by atoms with Crippen molar-refractivity contribution in [1.29, 1.82) is 0 Å². The van der Waals surface area contributed by atoms with Gasteiger partial charge < -0.3 is 15.1 Å². The fourth-order valence-corrected chi connectivity index (χ4v) is 1.48. The average Bonchev–Trinajstić information content (AvgIpc) is 2.63. The fourth-order valence-electron chi connectivity index (χ4n) is 1.48. The Kier molecular flexibility index (Phi) is 2.51. The van der Waals surface area contributed by atoms with Crippen LogP contribution in [0.1, 0.15) is 6.92 Å². The van der Waals surface area contributed by atoms with Crippen molar-refractivity contribution in [2.45, 2.75) is 13.0 Å². The molecule has 0 bridgehead atoms. The quantitative estimate of drug-likeness (QED) is 0.784. The van der Waals surface area contributed by atoms with E-state index in [4.69, 9.17) is 10.2 Å². The molecule has 80 valence electrons. The minimum absolute atomic E-state index is 0.0758. The number of nitrogens with two attached hydrogens (primary N) is 1. The molecule has 1 atom stereocenters. The van der Waals surface area contributed by atoms with E-state index in [-0.39, 0.29) is 6.04 Å². The number of hydrogen-bond acceptors (Lipinski definition) is 6. The molecule has 0 fully saturated rings. The molecule has 2 aromatic rings. The van der Waals surface area contributed by atoms with Crippen LogP contribution in [0.15, 0.2) is 17.1 Å². The predicted molar refractivity (Wildman–Crippen MR) is 56.5 cm³/mol. The molecule has 0 radical (unpaired) electrons. The molecule has 15 heavy (non-hydrogen) atoms. The number of likely N-dealkylation sites (N-methyl/N-ethyl adjacent to an activating group) is 1. The normalized spacial score (nSPS) is 13.0.